The number of amides is 1. The summed E-state index contributed by atoms with van der Waals surface area (Å²) < 4.78 is 5.37. The number of carbonyl (C=O) groups is 1. The van der Waals surface area contributed by atoms with E-state index in [1.54, 1.807) is 18.2 Å². The van der Waals surface area contributed by atoms with Crippen molar-refractivity contribution in [3.63, 3.8) is 0 Å². The van der Waals surface area contributed by atoms with Crippen LogP contribution >= 0.6 is 23.2 Å². The summed E-state index contributed by atoms with van der Waals surface area (Å²) in [6.07, 6.45) is 0.774. The summed E-state index contributed by atoms with van der Waals surface area (Å²) in [5.74, 6) is -0.150. The fraction of sp³-hybridized carbons (Fsp3) is 0.316. The van der Waals surface area contributed by atoms with Crippen molar-refractivity contribution in [3.8, 4) is 0 Å². The third-order valence-electron chi connectivity index (χ3n) is 4.19. The maximum absolute atomic E-state index is 12.1. The molecular weight excluding hydrogens is 359 g/mol. The lowest BCUT2D eigenvalue weighted by molar-refractivity contribution is 0.0954. The van der Waals surface area contributed by atoms with Crippen molar-refractivity contribution >= 4 is 34.8 Å². The highest BCUT2D eigenvalue weighted by Crippen LogP contribution is 2.22. The van der Waals surface area contributed by atoms with Crippen LogP contribution in [0.1, 0.15) is 15.9 Å². The molecule has 1 saturated heterocycles. The maximum atomic E-state index is 12.1. The lowest BCUT2D eigenvalue weighted by Crippen LogP contribution is -2.36. The van der Waals surface area contributed by atoms with Gasteiger partial charge in [0.2, 0.25) is 0 Å². The summed E-state index contributed by atoms with van der Waals surface area (Å²) in [5, 5.41) is 3.73. The second-order valence-corrected chi connectivity index (χ2v) is 6.72. The normalized spacial score (nSPS) is 14.4. The zero-order chi connectivity index (χ0) is 17.6. The molecule has 0 bridgehead atoms. The van der Waals surface area contributed by atoms with Gasteiger partial charge in [-0.25, -0.2) is 0 Å². The van der Waals surface area contributed by atoms with E-state index in [1.165, 1.54) is 11.3 Å². The summed E-state index contributed by atoms with van der Waals surface area (Å²) in [4.78, 5) is 14.4. The maximum Gasteiger partial charge on any atom is 0.251 e. The van der Waals surface area contributed by atoms with E-state index in [-0.39, 0.29) is 5.91 Å². The van der Waals surface area contributed by atoms with Crippen LogP contribution in [0.25, 0.3) is 0 Å². The van der Waals surface area contributed by atoms with Gasteiger partial charge in [0.1, 0.15) is 0 Å². The first-order chi connectivity index (χ1) is 12.1. The number of hydrogen-bond acceptors (Lipinski definition) is 3. The number of hydrogen-bond donors (Lipinski definition) is 1. The third-order valence-corrected chi connectivity index (χ3v) is 4.93. The van der Waals surface area contributed by atoms with E-state index in [0.29, 0.717) is 22.2 Å². The predicted molar refractivity (Wildman–Crippen MR) is 102 cm³/mol. The van der Waals surface area contributed by atoms with Gasteiger partial charge in [0.25, 0.3) is 5.91 Å². The molecule has 3 rings (SSSR count). The molecule has 0 radical (unpaired) electrons. The molecule has 25 heavy (non-hydrogen) atoms. The highest BCUT2D eigenvalue weighted by atomic mass is 35.5. The van der Waals surface area contributed by atoms with Gasteiger partial charge in [0.05, 0.1) is 23.3 Å². The molecule has 132 valence electrons. The SMILES string of the molecule is O=C(NCCc1ccc(N2CCOCC2)cc1)c1ccc(Cl)c(Cl)c1. The molecule has 1 aliphatic rings. The van der Waals surface area contributed by atoms with E-state index >= 15 is 0 Å². The minimum absolute atomic E-state index is 0.150. The summed E-state index contributed by atoms with van der Waals surface area (Å²) in [5.41, 5.74) is 2.91. The van der Waals surface area contributed by atoms with Crippen molar-refractivity contribution in [2.45, 2.75) is 6.42 Å². The predicted octanol–water partition coefficient (Wildman–Crippen LogP) is 3.80. The fourth-order valence-corrected chi connectivity index (χ4v) is 3.05. The Morgan fingerprint density at radius 3 is 2.44 bits per heavy atom. The molecule has 2 aromatic carbocycles. The highest BCUT2D eigenvalue weighted by molar-refractivity contribution is 6.42. The Hall–Kier alpha value is -1.75. The number of rotatable bonds is 5. The van der Waals surface area contributed by atoms with Crippen LogP contribution in [0, 0.1) is 0 Å². The summed E-state index contributed by atoms with van der Waals surface area (Å²) in [6.45, 7) is 3.99. The van der Waals surface area contributed by atoms with Crippen LogP contribution in [0.15, 0.2) is 42.5 Å². The molecule has 1 aliphatic heterocycles. The van der Waals surface area contributed by atoms with E-state index in [1.807, 2.05) is 0 Å². The first kappa shape index (κ1) is 18.1. The Labute approximate surface area is 157 Å². The Balaban J connectivity index is 1.49. The molecule has 0 aliphatic carbocycles. The van der Waals surface area contributed by atoms with Crippen molar-refractivity contribution in [2.75, 3.05) is 37.7 Å². The molecule has 0 atom stereocenters. The molecular formula is C19H20Cl2N2O2. The number of halogens is 2. The second kappa shape index (κ2) is 8.56. The van der Waals surface area contributed by atoms with Crippen LogP contribution in [-0.4, -0.2) is 38.8 Å². The van der Waals surface area contributed by atoms with Crippen LogP contribution < -0.4 is 10.2 Å². The van der Waals surface area contributed by atoms with Gasteiger partial charge < -0.3 is 15.0 Å². The van der Waals surface area contributed by atoms with Gasteiger partial charge in [0, 0.05) is 30.9 Å². The van der Waals surface area contributed by atoms with Crippen LogP contribution in [0.3, 0.4) is 0 Å². The van der Waals surface area contributed by atoms with Crippen LogP contribution in [0.5, 0.6) is 0 Å². The number of ether oxygens (including phenoxy) is 1. The van der Waals surface area contributed by atoms with Crippen molar-refractivity contribution in [3.05, 3.63) is 63.6 Å². The number of nitrogens with one attached hydrogen (secondary N) is 1. The highest BCUT2D eigenvalue weighted by Gasteiger charge is 2.11. The van der Waals surface area contributed by atoms with Crippen molar-refractivity contribution in [1.82, 2.24) is 5.32 Å². The lowest BCUT2D eigenvalue weighted by atomic mass is 10.1. The van der Waals surface area contributed by atoms with Crippen LogP contribution in [0.4, 0.5) is 5.69 Å². The number of nitrogens with zero attached hydrogens (tertiary/aromatic N) is 1. The van der Waals surface area contributed by atoms with Crippen molar-refractivity contribution < 1.29 is 9.53 Å². The molecule has 0 aromatic heterocycles. The zero-order valence-corrected chi connectivity index (χ0v) is 15.3. The van der Waals surface area contributed by atoms with Crippen LogP contribution in [-0.2, 0) is 11.2 Å². The zero-order valence-electron chi connectivity index (χ0n) is 13.8. The standard InChI is InChI=1S/C19H20Cl2N2O2/c20-17-6-3-15(13-18(17)21)19(24)22-8-7-14-1-4-16(5-2-14)23-9-11-25-12-10-23/h1-6,13H,7-12H2,(H,22,24). The average Bonchev–Trinajstić information content (AvgIpc) is 2.65. The van der Waals surface area contributed by atoms with Gasteiger partial charge in [-0.1, -0.05) is 35.3 Å². The second-order valence-electron chi connectivity index (χ2n) is 5.90. The van der Waals surface area contributed by atoms with Crippen molar-refractivity contribution in [1.29, 1.82) is 0 Å². The van der Waals surface area contributed by atoms with Gasteiger partial charge in [-0.3, -0.25) is 4.79 Å². The minimum Gasteiger partial charge on any atom is -0.378 e. The van der Waals surface area contributed by atoms with Gasteiger partial charge in [-0.15, -0.1) is 0 Å². The first-order valence-corrected chi connectivity index (χ1v) is 9.04. The molecule has 0 unspecified atom stereocenters. The molecule has 1 amide bonds. The molecule has 0 saturated carbocycles. The van der Waals surface area contributed by atoms with E-state index in [4.69, 9.17) is 27.9 Å². The average molecular weight is 379 g/mol. The smallest absolute Gasteiger partial charge is 0.251 e. The molecule has 1 fully saturated rings. The summed E-state index contributed by atoms with van der Waals surface area (Å²) >= 11 is 11.8. The topological polar surface area (TPSA) is 41.6 Å². The van der Waals surface area contributed by atoms with E-state index in [0.717, 1.165) is 32.7 Å². The third kappa shape index (κ3) is 4.88. The molecule has 1 N–H and O–H groups in total. The summed E-state index contributed by atoms with van der Waals surface area (Å²) in [7, 11) is 0. The minimum atomic E-state index is -0.150. The Bertz CT molecular complexity index is 729. The number of benzene rings is 2. The fourth-order valence-electron chi connectivity index (χ4n) is 2.75. The quantitative estimate of drug-likeness (QED) is 0.859. The van der Waals surface area contributed by atoms with Gasteiger partial charge in [-0.05, 0) is 42.3 Å². The van der Waals surface area contributed by atoms with E-state index in [2.05, 4.69) is 34.5 Å². The number of morpholine rings is 1. The van der Waals surface area contributed by atoms with E-state index in [9.17, 15) is 4.79 Å². The number of carbonyl (C=O) groups excluding carboxylic acids is 1. The largest absolute Gasteiger partial charge is 0.378 e. The first-order valence-electron chi connectivity index (χ1n) is 8.28. The lowest BCUT2D eigenvalue weighted by Gasteiger charge is -2.28. The molecule has 4 nitrogen and oxygen atoms in total. The van der Waals surface area contributed by atoms with E-state index < -0.39 is 0 Å². The molecule has 6 heteroatoms. The molecule has 0 spiro atoms. The van der Waals surface area contributed by atoms with Gasteiger partial charge in [-0.2, -0.15) is 0 Å². The van der Waals surface area contributed by atoms with Gasteiger partial charge in [0.15, 0.2) is 0 Å². The Morgan fingerprint density at radius 2 is 1.76 bits per heavy atom. The monoisotopic (exact) mass is 378 g/mol. The summed E-state index contributed by atoms with van der Waals surface area (Å²) in [6, 6.07) is 13.3. The van der Waals surface area contributed by atoms with Gasteiger partial charge >= 0.3 is 0 Å². The number of anilines is 1. The Morgan fingerprint density at radius 1 is 1.04 bits per heavy atom. The molecule has 2 aromatic rings. The Kier molecular flexibility index (Phi) is 6.19. The van der Waals surface area contributed by atoms with Crippen LogP contribution in [0.2, 0.25) is 10.0 Å². The molecule has 1 heterocycles. The van der Waals surface area contributed by atoms with Crippen molar-refractivity contribution in [2.24, 2.45) is 0 Å².